The topological polar surface area (TPSA) is 24.7 Å². The molecule has 2 rings (SSSR count). The Labute approximate surface area is 80.7 Å². The van der Waals surface area contributed by atoms with Crippen molar-refractivity contribution in [2.75, 3.05) is 0 Å². The van der Waals surface area contributed by atoms with Crippen LogP contribution >= 0.6 is 11.3 Å². The molecule has 0 radical (unpaired) electrons. The molecule has 2 nitrogen and oxygen atoms in total. The summed E-state index contributed by atoms with van der Waals surface area (Å²) >= 11 is 1.64. The largest absolute Gasteiger partial charge is 0.235 e. The lowest BCUT2D eigenvalue weighted by Crippen LogP contribution is -2.21. The highest BCUT2D eigenvalue weighted by Gasteiger charge is 2.05. The van der Waals surface area contributed by atoms with Crippen molar-refractivity contribution in [1.82, 2.24) is 0 Å². The maximum atomic E-state index is 4.26. The van der Waals surface area contributed by atoms with Gasteiger partial charge < -0.3 is 0 Å². The van der Waals surface area contributed by atoms with Crippen molar-refractivity contribution in [1.29, 1.82) is 0 Å². The average Bonchev–Trinajstić information content (AvgIpc) is 2.44. The van der Waals surface area contributed by atoms with E-state index < -0.39 is 0 Å². The Kier molecular flexibility index (Phi) is 2.13. The number of nitrogens with zero attached hydrogens (tertiary/aromatic N) is 2. The van der Waals surface area contributed by atoms with Crippen LogP contribution in [-0.2, 0) is 0 Å². The van der Waals surface area contributed by atoms with Gasteiger partial charge >= 0.3 is 0 Å². The zero-order valence-corrected chi connectivity index (χ0v) is 8.43. The van der Waals surface area contributed by atoms with E-state index in [1.807, 2.05) is 5.38 Å². The van der Waals surface area contributed by atoms with Gasteiger partial charge in [0.05, 0.1) is 11.9 Å². The fourth-order valence-corrected chi connectivity index (χ4v) is 2.03. The van der Waals surface area contributed by atoms with E-state index >= 15 is 0 Å². The van der Waals surface area contributed by atoms with E-state index in [-0.39, 0.29) is 0 Å². The summed E-state index contributed by atoms with van der Waals surface area (Å²) in [5.74, 6) is 3.23. The molecule has 1 aromatic rings. The van der Waals surface area contributed by atoms with E-state index in [0.29, 0.717) is 5.92 Å². The number of rotatable bonds is 1. The summed E-state index contributed by atoms with van der Waals surface area (Å²) < 4.78 is 1.04. The first kappa shape index (κ1) is 8.42. The fourth-order valence-electron chi connectivity index (χ4n) is 1.28. The standard InChI is InChI=1S/C10H10N2S/c1-7(2)9-8-3-6-13-10(8)12-5-4-11-9/h3,5-7H,1-2H3. The van der Waals surface area contributed by atoms with Gasteiger partial charge in [-0.3, -0.25) is 0 Å². The Balaban J connectivity index is 2.85. The molecule has 0 unspecified atom stereocenters. The van der Waals surface area contributed by atoms with E-state index in [0.717, 1.165) is 15.6 Å². The number of hydrogen-bond donors (Lipinski definition) is 0. The van der Waals surface area contributed by atoms with Gasteiger partial charge in [-0.1, -0.05) is 13.8 Å². The zero-order valence-electron chi connectivity index (χ0n) is 7.61. The zero-order chi connectivity index (χ0) is 9.26. The molecule has 0 bridgehead atoms. The summed E-state index contributed by atoms with van der Waals surface area (Å²) in [6.07, 6.45) is 1.63. The van der Waals surface area contributed by atoms with Gasteiger partial charge in [-0.05, 0) is 17.4 Å². The molecule has 13 heavy (non-hydrogen) atoms. The van der Waals surface area contributed by atoms with E-state index in [9.17, 15) is 0 Å². The van der Waals surface area contributed by atoms with Crippen molar-refractivity contribution in [2.24, 2.45) is 15.9 Å². The second-order valence-electron chi connectivity index (χ2n) is 3.18. The molecule has 0 spiro atoms. The molecule has 3 heteroatoms. The van der Waals surface area contributed by atoms with Crippen molar-refractivity contribution in [3.63, 3.8) is 0 Å². The molecule has 0 saturated carbocycles. The summed E-state index contributed by atoms with van der Waals surface area (Å²) in [4.78, 5) is 8.51. The van der Waals surface area contributed by atoms with Crippen LogP contribution in [0.25, 0.3) is 5.70 Å². The van der Waals surface area contributed by atoms with Crippen molar-refractivity contribution >= 4 is 22.9 Å². The number of thiophene rings is 1. The first-order valence-electron chi connectivity index (χ1n) is 4.22. The molecule has 0 aliphatic carbocycles. The molecule has 0 N–H and O–H groups in total. The minimum atomic E-state index is 0.419. The summed E-state index contributed by atoms with van der Waals surface area (Å²) in [5, 5.41) is 3.20. The molecular formula is C10H10N2S. The predicted molar refractivity (Wildman–Crippen MR) is 55.4 cm³/mol. The Morgan fingerprint density at radius 1 is 1.46 bits per heavy atom. The van der Waals surface area contributed by atoms with Crippen LogP contribution in [0.2, 0.25) is 0 Å². The van der Waals surface area contributed by atoms with E-state index in [4.69, 9.17) is 0 Å². The molecule has 1 aromatic heterocycles. The van der Waals surface area contributed by atoms with Crippen molar-refractivity contribution in [3.8, 4) is 0 Å². The Morgan fingerprint density at radius 3 is 3.08 bits per heavy atom. The van der Waals surface area contributed by atoms with Gasteiger partial charge in [0.15, 0.2) is 0 Å². The molecule has 66 valence electrons. The SMILES string of the molecule is CC(C)C1=c2ccsc2=NC=C=N1. The molecule has 0 aromatic carbocycles. The van der Waals surface area contributed by atoms with Crippen LogP contribution in [0.1, 0.15) is 13.8 Å². The van der Waals surface area contributed by atoms with E-state index in [1.165, 1.54) is 0 Å². The van der Waals surface area contributed by atoms with Crippen LogP contribution < -0.4 is 9.89 Å². The average molecular weight is 190 g/mol. The molecule has 0 amide bonds. The van der Waals surface area contributed by atoms with Crippen LogP contribution in [0, 0.1) is 5.92 Å². The third-order valence-corrected chi connectivity index (χ3v) is 2.71. The first-order valence-corrected chi connectivity index (χ1v) is 5.10. The molecule has 2 heterocycles. The van der Waals surface area contributed by atoms with E-state index in [1.54, 1.807) is 17.5 Å². The highest BCUT2D eigenvalue weighted by molar-refractivity contribution is 7.07. The minimum Gasteiger partial charge on any atom is -0.235 e. The van der Waals surface area contributed by atoms with Crippen LogP contribution in [0.4, 0.5) is 0 Å². The third kappa shape index (κ3) is 1.48. The van der Waals surface area contributed by atoms with Crippen LogP contribution in [-0.4, -0.2) is 5.87 Å². The number of fused-ring (bicyclic) bond motifs is 1. The second kappa shape index (κ2) is 3.29. The molecular weight excluding hydrogens is 180 g/mol. The van der Waals surface area contributed by atoms with Gasteiger partial charge in [0.1, 0.15) is 4.67 Å². The van der Waals surface area contributed by atoms with Gasteiger partial charge in [0.25, 0.3) is 0 Å². The highest BCUT2D eigenvalue weighted by atomic mass is 32.1. The van der Waals surface area contributed by atoms with Crippen LogP contribution in [0.5, 0.6) is 0 Å². The summed E-state index contributed by atoms with van der Waals surface area (Å²) in [6.45, 7) is 4.26. The van der Waals surface area contributed by atoms with Crippen molar-refractivity contribution in [3.05, 3.63) is 27.5 Å². The summed E-state index contributed by atoms with van der Waals surface area (Å²) in [5.41, 5.74) is 1.08. The fraction of sp³-hybridized carbons (Fsp3) is 0.300. The maximum Gasteiger partial charge on any atom is 0.125 e. The second-order valence-corrected chi connectivity index (χ2v) is 4.07. The lowest BCUT2D eigenvalue weighted by molar-refractivity contribution is 0.834. The monoisotopic (exact) mass is 190 g/mol. The predicted octanol–water partition coefficient (Wildman–Crippen LogP) is 1.33. The lowest BCUT2D eigenvalue weighted by Gasteiger charge is -2.01. The van der Waals surface area contributed by atoms with Gasteiger partial charge in [0, 0.05) is 11.1 Å². The molecule has 0 fully saturated rings. The molecule has 0 atom stereocenters. The molecule has 0 saturated heterocycles. The lowest BCUT2D eigenvalue weighted by atomic mass is 10.1. The Bertz CT molecular complexity index is 487. The van der Waals surface area contributed by atoms with Gasteiger partial charge in [-0.25, -0.2) is 9.98 Å². The highest BCUT2D eigenvalue weighted by Crippen LogP contribution is 2.09. The summed E-state index contributed by atoms with van der Waals surface area (Å²) in [6, 6.07) is 2.07. The van der Waals surface area contributed by atoms with Crippen molar-refractivity contribution < 1.29 is 0 Å². The van der Waals surface area contributed by atoms with E-state index in [2.05, 4.69) is 35.8 Å². The molecule has 1 aliphatic heterocycles. The van der Waals surface area contributed by atoms with Crippen LogP contribution in [0.3, 0.4) is 0 Å². The summed E-state index contributed by atoms with van der Waals surface area (Å²) in [7, 11) is 0. The normalized spacial score (nSPS) is 14.2. The third-order valence-electron chi connectivity index (χ3n) is 1.89. The smallest absolute Gasteiger partial charge is 0.125 e. The Hall–Kier alpha value is -1.18. The quantitative estimate of drug-likeness (QED) is 0.638. The van der Waals surface area contributed by atoms with Gasteiger partial charge in [0.2, 0.25) is 0 Å². The van der Waals surface area contributed by atoms with Crippen molar-refractivity contribution in [2.45, 2.75) is 13.8 Å². The molecule has 1 aliphatic rings. The number of aliphatic imine (C=N–C) groups is 1. The maximum absolute atomic E-state index is 4.26. The minimum absolute atomic E-state index is 0.419. The number of hydrogen-bond acceptors (Lipinski definition) is 3. The van der Waals surface area contributed by atoms with Gasteiger partial charge in [-0.2, -0.15) is 0 Å². The Morgan fingerprint density at radius 2 is 2.31 bits per heavy atom. The van der Waals surface area contributed by atoms with Gasteiger partial charge in [-0.15, -0.1) is 11.3 Å². The van der Waals surface area contributed by atoms with Crippen LogP contribution in [0.15, 0.2) is 27.6 Å². The first-order chi connectivity index (χ1) is 6.29.